The molecule has 0 amide bonds. The highest BCUT2D eigenvalue weighted by molar-refractivity contribution is 9.10. The molecule has 0 unspecified atom stereocenters. The molecule has 0 aromatic heterocycles. The van der Waals surface area contributed by atoms with Crippen molar-refractivity contribution in [3.63, 3.8) is 0 Å². The lowest BCUT2D eigenvalue weighted by atomic mass is 10.2. The van der Waals surface area contributed by atoms with E-state index < -0.39 is 0 Å². The fourth-order valence-corrected chi connectivity index (χ4v) is 2.91. The lowest BCUT2D eigenvalue weighted by Crippen LogP contribution is -2.16. The van der Waals surface area contributed by atoms with Gasteiger partial charge in [-0.3, -0.25) is 0 Å². The maximum absolute atomic E-state index is 6.04. The highest BCUT2D eigenvalue weighted by atomic mass is 79.9. The Morgan fingerprint density at radius 3 is 2.67 bits per heavy atom. The van der Waals surface area contributed by atoms with E-state index in [1.165, 1.54) is 0 Å². The highest BCUT2D eigenvalue weighted by Crippen LogP contribution is 2.26. The van der Waals surface area contributed by atoms with Gasteiger partial charge in [-0.1, -0.05) is 45.2 Å². The summed E-state index contributed by atoms with van der Waals surface area (Å²) in [6.45, 7) is 2.83. The molecule has 2 rings (SSSR count). The third-order valence-corrected chi connectivity index (χ3v) is 4.65. The molecule has 0 aliphatic carbocycles. The first kappa shape index (κ1) is 19.5. The van der Waals surface area contributed by atoms with Crippen LogP contribution < -0.4 is 10.1 Å². The fourth-order valence-electron chi connectivity index (χ4n) is 2.18. The third kappa shape index (κ3) is 6.26. The molecule has 0 radical (unpaired) electrons. The van der Waals surface area contributed by atoms with Crippen LogP contribution in [0.25, 0.3) is 0 Å². The predicted octanol–water partition coefficient (Wildman–Crippen LogP) is 5.46. The van der Waals surface area contributed by atoms with Gasteiger partial charge in [0.2, 0.25) is 0 Å². The van der Waals surface area contributed by atoms with Gasteiger partial charge in [0.25, 0.3) is 0 Å². The second kappa shape index (κ2) is 10.3. The van der Waals surface area contributed by atoms with E-state index in [0.717, 1.165) is 47.5 Å². The molecule has 0 fully saturated rings. The van der Waals surface area contributed by atoms with Gasteiger partial charge in [-0.25, -0.2) is 0 Å². The van der Waals surface area contributed by atoms with Crippen LogP contribution in [-0.2, 0) is 17.9 Å². The van der Waals surface area contributed by atoms with Crippen LogP contribution in [0, 0.1) is 0 Å². The summed E-state index contributed by atoms with van der Waals surface area (Å²) in [7, 11) is 1.71. The number of nitrogens with one attached hydrogen (secondary N) is 1. The van der Waals surface area contributed by atoms with Crippen LogP contribution in [0.15, 0.2) is 40.9 Å². The molecule has 0 heterocycles. The summed E-state index contributed by atoms with van der Waals surface area (Å²) in [6.07, 6.45) is 0.976. The minimum absolute atomic E-state index is 0.440. The molecule has 0 spiro atoms. The number of hydrogen-bond donors (Lipinski definition) is 1. The molecule has 1 N–H and O–H groups in total. The van der Waals surface area contributed by atoms with Gasteiger partial charge in [0.05, 0.1) is 10.0 Å². The summed E-state index contributed by atoms with van der Waals surface area (Å²) >= 11 is 15.5. The number of ether oxygens (including phenoxy) is 2. The minimum Gasteiger partial charge on any atom is -0.489 e. The maximum atomic E-state index is 6.04. The van der Waals surface area contributed by atoms with E-state index in [9.17, 15) is 0 Å². The van der Waals surface area contributed by atoms with Crippen LogP contribution in [0.2, 0.25) is 10.0 Å². The van der Waals surface area contributed by atoms with Crippen molar-refractivity contribution in [1.82, 2.24) is 5.32 Å². The van der Waals surface area contributed by atoms with Gasteiger partial charge < -0.3 is 14.8 Å². The summed E-state index contributed by atoms with van der Waals surface area (Å²) in [5.74, 6) is 0.850. The Balaban J connectivity index is 1.97. The number of methoxy groups -OCH3 is 1. The normalized spacial score (nSPS) is 10.8. The van der Waals surface area contributed by atoms with Crippen LogP contribution in [0.3, 0.4) is 0 Å². The molecule has 3 nitrogen and oxygen atoms in total. The Kier molecular flexibility index (Phi) is 8.36. The number of benzene rings is 2. The first-order chi connectivity index (χ1) is 11.6. The van der Waals surface area contributed by atoms with Crippen molar-refractivity contribution in [3.05, 3.63) is 62.0 Å². The SMILES string of the molecule is COCCCNCc1cc(Br)ccc1OCc1ccc(Cl)c(Cl)c1. The minimum atomic E-state index is 0.440. The van der Waals surface area contributed by atoms with Gasteiger partial charge in [-0.15, -0.1) is 0 Å². The zero-order valence-electron chi connectivity index (χ0n) is 13.5. The van der Waals surface area contributed by atoms with Crippen molar-refractivity contribution >= 4 is 39.1 Å². The van der Waals surface area contributed by atoms with E-state index in [2.05, 4.69) is 27.3 Å². The van der Waals surface area contributed by atoms with E-state index in [0.29, 0.717) is 16.7 Å². The van der Waals surface area contributed by atoms with Gasteiger partial charge in [0.15, 0.2) is 0 Å². The smallest absolute Gasteiger partial charge is 0.124 e. The summed E-state index contributed by atoms with van der Waals surface area (Å²) in [4.78, 5) is 0. The standard InChI is InChI=1S/C18H20BrCl2NO2/c1-23-8-2-7-22-11-14-10-15(19)4-6-18(14)24-12-13-3-5-16(20)17(21)9-13/h3-6,9-10,22H,2,7-8,11-12H2,1H3. The molecule has 6 heteroatoms. The summed E-state index contributed by atoms with van der Waals surface area (Å²) in [5.41, 5.74) is 2.08. The third-order valence-electron chi connectivity index (χ3n) is 3.42. The molecule has 0 saturated heterocycles. The molecular weight excluding hydrogens is 413 g/mol. The average molecular weight is 433 g/mol. The van der Waals surface area contributed by atoms with Crippen LogP contribution in [-0.4, -0.2) is 20.3 Å². The van der Waals surface area contributed by atoms with E-state index in [1.54, 1.807) is 13.2 Å². The zero-order valence-corrected chi connectivity index (χ0v) is 16.5. The number of halogens is 3. The predicted molar refractivity (Wildman–Crippen MR) is 103 cm³/mol. The van der Waals surface area contributed by atoms with E-state index in [-0.39, 0.29) is 0 Å². The van der Waals surface area contributed by atoms with Crippen LogP contribution in [0.4, 0.5) is 0 Å². The number of hydrogen-bond acceptors (Lipinski definition) is 3. The molecule has 130 valence electrons. The molecule has 2 aromatic carbocycles. The van der Waals surface area contributed by atoms with Crippen molar-refractivity contribution in [3.8, 4) is 5.75 Å². The Labute approximate surface area is 161 Å². The average Bonchev–Trinajstić information content (AvgIpc) is 2.57. The Bertz CT molecular complexity index is 667. The topological polar surface area (TPSA) is 30.5 Å². The Morgan fingerprint density at radius 1 is 1.08 bits per heavy atom. The lowest BCUT2D eigenvalue weighted by molar-refractivity contribution is 0.194. The molecule has 0 bridgehead atoms. The molecule has 2 aromatic rings. The zero-order chi connectivity index (χ0) is 17.4. The first-order valence-electron chi connectivity index (χ1n) is 7.65. The first-order valence-corrected chi connectivity index (χ1v) is 9.20. The largest absolute Gasteiger partial charge is 0.489 e. The van der Waals surface area contributed by atoms with Gasteiger partial charge >= 0.3 is 0 Å². The van der Waals surface area contributed by atoms with Gasteiger partial charge in [0, 0.05) is 30.3 Å². The van der Waals surface area contributed by atoms with Crippen molar-refractivity contribution in [2.24, 2.45) is 0 Å². The van der Waals surface area contributed by atoms with Gasteiger partial charge in [-0.2, -0.15) is 0 Å². The van der Waals surface area contributed by atoms with Crippen molar-refractivity contribution in [2.45, 2.75) is 19.6 Å². The lowest BCUT2D eigenvalue weighted by Gasteiger charge is -2.13. The van der Waals surface area contributed by atoms with Gasteiger partial charge in [-0.05, 0) is 48.9 Å². The van der Waals surface area contributed by atoms with E-state index in [1.807, 2.05) is 24.3 Å². The molecule has 24 heavy (non-hydrogen) atoms. The van der Waals surface area contributed by atoms with Crippen LogP contribution in [0.1, 0.15) is 17.5 Å². The van der Waals surface area contributed by atoms with E-state index in [4.69, 9.17) is 32.7 Å². The molecule has 0 aliphatic rings. The molecule has 0 aliphatic heterocycles. The van der Waals surface area contributed by atoms with Crippen LogP contribution in [0.5, 0.6) is 5.75 Å². The van der Waals surface area contributed by atoms with Crippen molar-refractivity contribution < 1.29 is 9.47 Å². The maximum Gasteiger partial charge on any atom is 0.124 e. The highest BCUT2D eigenvalue weighted by Gasteiger charge is 2.06. The molecular formula is C18H20BrCl2NO2. The monoisotopic (exact) mass is 431 g/mol. The quantitative estimate of drug-likeness (QED) is 0.533. The Hall–Kier alpha value is -0.780. The molecule has 0 atom stereocenters. The van der Waals surface area contributed by atoms with Crippen LogP contribution >= 0.6 is 39.1 Å². The summed E-state index contributed by atoms with van der Waals surface area (Å²) < 4.78 is 12.0. The fraction of sp³-hybridized carbons (Fsp3) is 0.333. The van der Waals surface area contributed by atoms with E-state index >= 15 is 0 Å². The Morgan fingerprint density at radius 2 is 1.92 bits per heavy atom. The van der Waals surface area contributed by atoms with Gasteiger partial charge in [0.1, 0.15) is 12.4 Å². The second-order valence-corrected chi connectivity index (χ2v) is 7.04. The summed E-state index contributed by atoms with van der Waals surface area (Å²) in [5, 5.41) is 4.48. The summed E-state index contributed by atoms with van der Waals surface area (Å²) in [6, 6.07) is 11.5. The van der Waals surface area contributed by atoms with Crippen molar-refractivity contribution in [2.75, 3.05) is 20.3 Å². The molecule has 0 saturated carbocycles. The second-order valence-electron chi connectivity index (χ2n) is 5.31. The van der Waals surface area contributed by atoms with Crippen molar-refractivity contribution in [1.29, 1.82) is 0 Å². The number of rotatable bonds is 9.